The highest BCUT2D eigenvalue weighted by Gasteiger charge is 2.08. The first-order valence-electron chi connectivity index (χ1n) is 6.05. The fraction of sp³-hybridized carbons (Fsp3) is 0.188. The van der Waals surface area contributed by atoms with Gasteiger partial charge in [0.2, 0.25) is 0 Å². The van der Waals surface area contributed by atoms with E-state index in [0.29, 0.717) is 12.2 Å². The summed E-state index contributed by atoms with van der Waals surface area (Å²) < 4.78 is 5.35. The van der Waals surface area contributed by atoms with Gasteiger partial charge in [-0.1, -0.05) is 23.8 Å². The van der Waals surface area contributed by atoms with Gasteiger partial charge in [-0.25, -0.2) is 0 Å². The third kappa shape index (κ3) is 2.77. The Morgan fingerprint density at radius 1 is 1.06 bits per heavy atom. The van der Waals surface area contributed by atoms with E-state index in [4.69, 9.17) is 4.74 Å². The fourth-order valence-electron chi connectivity index (χ4n) is 1.82. The summed E-state index contributed by atoms with van der Waals surface area (Å²) in [6.07, 6.45) is 0. The van der Waals surface area contributed by atoms with Crippen molar-refractivity contribution in [1.82, 2.24) is 0 Å². The van der Waals surface area contributed by atoms with E-state index in [-0.39, 0.29) is 5.78 Å². The predicted molar refractivity (Wildman–Crippen MR) is 72.2 cm³/mol. The first-order valence-corrected chi connectivity index (χ1v) is 6.05. The third-order valence-corrected chi connectivity index (χ3v) is 2.71. The molecule has 0 bridgehead atoms. The zero-order valence-electron chi connectivity index (χ0n) is 10.6. The van der Waals surface area contributed by atoms with Crippen molar-refractivity contribution in [2.24, 2.45) is 0 Å². The summed E-state index contributed by atoms with van der Waals surface area (Å²) in [4.78, 5) is 12.2. The molecule has 0 N–H and O–H groups in total. The molecule has 2 rings (SSSR count). The van der Waals surface area contributed by atoms with Crippen LogP contribution in [0.15, 0.2) is 48.5 Å². The molecule has 0 spiro atoms. The average Bonchev–Trinajstić information content (AvgIpc) is 2.39. The summed E-state index contributed by atoms with van der Waals surface area (Å²) >= 11 is 0. The Bertz CT molecular complexity index is 541. The summed E-state index contributed by atoms with van der Waals surface area (Å²) in [6, 6.07) is 14.9. The molecule has 0 aliphatic carbocycles. The van der Waals surface area contributed by atoms with Gasteiger partial charge in [0.15, 0.2) is 5.78 Å². The van der Waals surface area contributed by atoms with Crippen molar-refractivity contribution in [3.05, 3.63) is 65.2 Å². The minimum atomic E-state index is 0.0433. The third-order valence-electron chi connectivity index (χ3n) is 2.71. The highest BCUT2D eigenvalue weighted by molar-refractivity contribution is 6.09. The number of carbonyl (C=O) groups is 1. The van der Waals surface area contributed by atoms with E-state index in [1.807, 2.05) is 50.2 Å². The molecule has 0 fully saturated rings. The number of hydrogen-bond acceptors (Lipinski definition) is 2. The minimum absolute atomic E-state index is 0.0433. The van der Waals surface area contributed by atoms with Crippen LogP contribution in [0.1, 0.15) is 28.4 Å². The van der Waals surface area contributed by atoms with Crippen molar-refractivity contribution in [1.29, 1.82) is 0 Å². The Hall–Kier alpha value is -2.09. The molecule has 0 saturated carbocycles. The first-order chi connectivity index (χ1) is 8.70. The molecule has 2 aromatic rings. The largest absolute Gasteiger partial charge is 0.494 e. The molecule has 2 nitrogen and oxygen atoms in total. The van der Waals surface area contributed by atoms with Crippen LogP contribution >= 0.6 is 0 Å². The van der Waals surface area contributed by atoms with Crippen molar-refractivity contribution in [2.75, 3.05) is 6.61 Å². The van der Waals surface area contributed by atoms with Crippen molar-refractivity contribution in [3.8, 4) is 5.75 Å². The van der Waals surface area contributed by atoms with Crippen LogP contribution < -0.4 is 4.74 Å². The zero-order chi connectivity index (χ0) is 13.0. The second-order valence-electron chi connectivity index (χ2n) is 4.16. The molecular weight excluding hydrogens is 224 g/mol. The molecule has 0 heterocycles. The van der Waals surface area contributed by atoms with Gasteiger partial charge in [-0.2, -0.15) is 0 Å². The quantitative estimate of drug-likeness (QED) is 0.763. The first kappa shape index (κ1) is 12.4. The molecular formula is C16H16O2. The van der Waals surface area contributed by atoms with Gasteiger partial charge in [-0.05, 0) is 44.2 Å². The van der Waals surface area contributed by atoms with Gasteiger partial charge < -0.3 is 4.74 Å². The van der Waals surface area contributed by atoms with Crippen molar-refractivity contribution in [3.63, 3.8) is 0 Å². The molecule has 0 saturated heterocycles. The van der Waals surface area contributed by atoms with Crippen LogP contribution in [0.2, 0.25) is 0 Å². The standard InChI is InChI=1S/C16H16O2/c1-3-18-15-9-7-13(8-10-15)16(17)14-6-4-5-12(2)11-14/h4-11H,3H2,1-2H3. The highest BCUT2D eigenvalue weighted by atomic mass is 16.5. The Morgan fingerprint density at radius 3 is 2.39 bits per heavy atom. The molecule has 0 amide bonds. The number of rotatable bonds is 4. The van der Waals surface area contributed by atoms with Crippen LogP contribution in [0.5, 0.6) is 5.75 Å². The molecule has 2 aromatic carbocycles. The summed E-state index contributed by atoms with van der Waals surface area (Å²) in [7, 11) is 0. The minimum Gasteiger partial charge on any atom is -0.494 e. The summed E-state index contributed by atoms with van der Waals surface area (Å²) in [5.41, 5.74) is 2.50. The maximum absolute atomic E-state index is 12.2. The maximum Gasteiger partial charge on any atom is 0.193 e. The Kier molecular flexibility index (Phi) is 3.78. The van der Waals surface area contributed by atoms with Gasteiger partial charge in [0.25, 0.3) is 0 Å². The lowest BCUT2D eigenvalue weighted by atomic mass is 10.0. The van der Waals surface area contributed by atoms with Gasteiger partial charge in [0.05, 0.1) is 6.61 Å². The zero-order valence-corrected chi connectivity index (χ0v) is 10.6. The Morgan fingerprint density at radius 2 is 1.78 bits per heavy atom. The highest BCUT2D eigenvalue weighted by Crippen LogP contribution is 2.16. The molecule has 2 heteroatoms. The molecule has 0 aromatic heterocycles. The summed E-state index contributed by atoms with van der Waals surface area (Å²) in [6.45, 7) is 4.55. The fourth-order valence-corrected chi connectivity index (χ4v) is 1.82. The van der Waals surface area contributed by atoms with Gasteiger partial charge in [0.1, 0.15) is 5.75 Å². The molecule has 0 radical (unpaired) electrons. The van der Waals surface area contributed by atoms with Crippen LogP contribution in [-0.4, -0.2) is 12.4 Å². The van der Waals surface area contributed by atoms with E-state index in [9.17, 15) is 4.79 Å². The molecule has 0 atom stereocenters. The van der Waals surface area contributed by atoms with Gasteiger partial charge in [-0.3, -0.25) is 4.79 Å². The lowest BCUT2D eigenvalue weighted by Gasteiger charge is -2.05. The van der Waals surface area contributed by atoms with Gasteiger partial charge in [-0.15, -0.1) is 0 Å². The smallest absolute Gasteiger partial charge is 0.193 e. The SMILES string of the molecule is CCOc1ccc(C(=O)c2cccc(C)c2)cc1. The molecule has 0 unspecified atom stereocenters. The molecule has 0 aliphatic rings. The maximum atomic E-state index is 12.2. The Labute approximate surface area is 107 Å². The van der Waals surface area contributed by atoms with E-state index in [1.54, 1.807) is 12.1 Å². The lowest BCUT2D eigenvalue weighted by Crippen LogP contribution is -2.01. The van der Waals surface area contributed by atoms with E-state index in [0.717, 1.165) is 16.9 Å². The molecule has 0 aliphatic heterocycles. The topological polar surface area (TPSA) is 26.3 Å². The van der Waals surface area contributed by atoms with E-state index >= 15 is 0 Å². The number of carbonyl (C=O) groups excluding carboxylic acids is 1. The monoisotopic (exact) mass is 240 g/mol. The van der Waals surface area contributed by atoms with Gasteiger partial charge >= 0.3 is 0 Å². The van der Waals surface area contributed by atoms with Crippen LogP contribution in [-0.2, 0) is 0 Å². The van der Waals surface area contributed by atoms with E-state index < -0.39 is 0 Å². The van der Waals surface area contributed by atoms with Crippen LogP contribution in [0, 0.1) is 6.92 Å². The number of benzene rings is 2. The van der Waals surface area contributed by atoms with E-state index in [2.05, 4.69) is 0 Å². The van der Waals surface area contributed by atoms with Crippen LogP contribution in [0.25, 0.3) is 0 Å². The number of aryl methyl sites for hydroxylation is 1. The summed E-state index contributed by atoms with van der Waals surface area (Å²) in [5.74, 6) is 0.833. The molecule has 18 heavy (non-hydrogen) atoms. The summed E-state index contributed by atoms with van der Waals surface area (Å²) in [5, 5.41) is 0. The van der Waals surface area contributed by atoms with Crippen molar-refractivity contribution < 1.29 is 9.53 Å². The normalized spacial score (nSPS) is 10.1. The number of ketones is 1. The predicted octanol–water partition coefficient (Wildman–Crippen LogP) is 3.62. The van der Waals surface area contributed by atoms with Crippen molar-refractivity contribution in [2.45, 2.75) is 13.8 Å². The lowest BCUT2D eigenvalue weighted by molar-refractivity contribution is 0.103. The van der Waals surface area contributed by atoms with Crippen LogP contribution in [0.3, 0.4) is 0 Å². The average molecular weight is 240 g/mol. The molecule has 92 valence electrons. The van der Waals surface area contributed by atoms with E-state index in [1.165, 1.54) is 0 Å². The number of hydrogen-bond donors (Lipinski definition) is 0. The van der Waals surface area contributed by atoms with Crippen LogP contribution in [0.4, 0.5) is 0 Å². The second-order valence-corrected chi connectivity index (χ2v) is 4.16. The second kappa shape index (κ2) is 5.50. The van der Waals surface area contributed by atoms with Gasteiger partial charge in [0, 0.05) is 11.1 Å². The Balaban J connectivity index is 2.23. The number of ether oxygens (including phenoxy) is 1. The van der Waals surface area contributed by atoms with Crippen molar-refractivity contribution >= 4 is 5.78 Å².